The summed E-state index contributed by atoms with van der Waals surface area (Å²) in [6, 6.07) is 15.2. The highest BCUT2D eigenvalue weighted by molar-refractivity contribution is 5.80. The third-order valence-corrected chi connectivity index (χ3v) is 4.09. The number of carbonyl (C=O) groups is 1. The number of nitrogens with zero attached hydrogens (tertiary/aromatic N) is 5. The lowest BCUT2D eigenvalue weighted by molar-refractivity contribution is -0.384. The van der Waals surface area contributed by atoms with Gasteiger partial charge in [0, 0.05) is 37.3 Å². The van der Waals surface area contributed by atoms with Gasteiger partial charge in [0.25, 0.3) is 5.69 Å². The normalized spacial score (nSPS) is 11.6. The number of hydrogen-bond acceptors (Lipinski definition) is 7. The molecule has 2 N–H and O–H groups in total. The van der Waals surface area contributed by atoms with E-state index in [1.54, 1.807) is 12.1 Å². The first-order chi connectivity index (χ1) is 13.6. The monoisotopic (exact) mass is 381 g/mol. The van der Waals surface area contributed by atoms with Crippen molar-refractivity contribution < 1.29 is 9.72 Å². The molecule has 0 bridgehead atoms. The zero-order valence-electron chi connectivity index (χ0n) is 14.9. The summed E-state index contributed by atoms with van der Waals surface area (Å²) in [6.45, 7) is 0.848. The molecule has 1 aromatic heterocycles. The molecule has 0 saturated carbocycles. The zero-order chi connectivity index (χ0) is 19.8. The smallest absolute Gasteiger partial charge is 0.269 e. The molecule has 0 spiro atoms. The highest BCUT2D eigenvalue weighted by Gasteiger charge is 2.21. The van der Waals surface area contributed by atoms with Crippen molar-refractivity contribution in [1.29, 1.82) is 0 Å². The molecular weight excluding hydrogens is 362 g/mol. The molecule has 1 amide bonds. The summed E-state index contributed by atoms with van der Waals surface area (Å²) < 4.78 is 1.44. The van der Waals surface area contributed by atoms with Crippen LogP contribution in [0.3, 0.4) is 0 Å². The van der Waals surface area contributed by atoms with Crippen LogP contribution in [0.25, 0.3) is 0 Å². The van der Waals surface area contributed by atoms with E-state index < -0.39 is 11.0 Å². The molecule has 3 aromatic rings. The minimum atomic E-state index is -0.559. The fourth-order valence-electron chi connectivity index (χ4n) is 2.67. The van der Waals surface area contributed by atoms with E-state index in [0.29, 0.717) is 19.5 Å². The van der Waals surface area contributed by atoms with Gasteiger partial charge in [-0.1, -0.05) is 30.3 Å². The first-order valence-electron chi connectivity index (χ1n) is 8.66. The summed E-state index contributed by atoms with van der Waals surface area (Å²) in [7, 11) is 0. The minimum absolute atomic E-state index is 0.0315. The molecule has 3 rings (SSSR count). The summed E-state index contributed by atoms with van der Waals surface area (Å²) in [5.41, 5.74) is 1.77. The Kier molecular flexibility index (Phi) is 6.24. The second-order valence-electron chi connectivity index (χ2n) is 6.02. The molecule has 0 saturated heterocycles. The number of nitro groups is 1. The molecule has 1 heterocycles. The van der Waals surface area contributed by atoms with Crippen molar-refractivity contribution in [3.8, 4) is 0 Å². The molecule has 10 nitrogen and oxygen atoms in total. The van der Waals surface area contributed by atoms with Crippen LogP contribution in [0.1, 0.15) is 11.6 Å². The average molecular weight is 381 g/mol. The number of carbonyl (C=O) groups excluding carboxylic acids is 1. The van der Waals surface area contributed by atoms with Crippen molar-refractivity contribution in [1.82, 2.24) is 25.5 Å². The predicted octanol–water partition coefficient (Wildman–Crippen LogP) is 1.59. The number of aromatic nitrogens is 4. The second-order valence-corrected chi connectivity index (χ2v) is 6.02. The van der Waals surface area contributed by atoms with E-state index in [4.69, 9.17) is 0 Å². The SMILES string of the molecule is O=C(NCCNc1ccc([N+](=O)[O-])cc1)C(Cc1ccccc1)n1cnnn1. The van der Waals surface area contributed by atoms with Crippen molar-refractivity contribution in [3.63, 3.8) is 0 Å². The Morgan fingerprint density at radius 1 is 1.11 bits per heavy atom. The topological polar surface area (TPSA) is 128 Å². The van der Waals surface area contributed by atoms with Gasteiger partial charge < -0.3 is 10.6 Å². The number of nitro benzene ring substituents is 1. The van der Waals surface area contributed by atoms with E-state index in [0.717, 1.165) is 11.3 Å². The van der Waals surface area contributed by atoms with E-state index in [2.05, 4.69) is 26.2 Å². The van der Waals surface area contributed by atoms with Crippen molar-refractivity contribution >= 4 is 17.3 Å². The molecule has 28 heavy (non-hydrogen) atoms. The van der Waals surface area contributed by atoms with Crippen LogP contribution >= 0.6 is 0 Å². The fraction of sp³-hybridized carbons (Fsp3) is 0.222. The van der Waals surface area contributed by atoms with E-state index >= 15 is 0 Å². The van der Waals surface area contributed by atoms with Gasteiger partial charge in [-0.15, -0.1) is 5.10 Å². The second kappa shape index (κ2) is 9.21. The lowest BCUT2D eigenvalue weighted by Gasteiger charge is -2.16. The standard InChI is InChI=1S/C18H19N7O3/c26-18(20-11-10-19-15-6-8-16(9-7-15)25(27)28)17(24-13-21-22-23-24)12-14-4-2-1-3-5-14/h1-9,13,17,19H,10-12H2,(H,20,26). The van der Waals surface area contributed by atoms with Crippen LogP contribution in [0, 0.1) is 10.1 Å². The van der Waals surface area contributed by atoms with E-state index in [1.165, 1.54) is 23.1 Å². The lowest BCUT2D eigenvalue weighted by Crippen LogP contribution is -2.36. The van der Waals surface area contributed by atoms with E-state index in [9.17, 15) is 14.9 Å². The van der Waals surface area contributed by atoms with Crippen molar-refractivity contribution in [2.45, 2.75) is 12.5 Å². The molecule has 0 fully saturated rings. The molecule has 0 aliphatic carbocycles. The molecule has 144 valence electrons. The number of rotatable bonds is 9. The Morgan fingerprint density at radius 2 is 1.86 bits per heavy atom. The maximum atomic E-state index is 12.6. The highest BCUT2D eigenvalue weighted by atomic mass is 16.6. The number of benzene rings is 2. The summed E-state index contributed by atoms with van der Waals surface area (Å²) in [4.78, 5) is 22.9. The molecular formula is C18H19N7O3. The van der Waals surface area contributed by atoms with Gasteiger partial charge in [0.2, 0.25) is 5.91 Å². The van der Waals surface area contributed by atoms with Gasteiger partial charge in [-0.05, 0) is 28.1 Å². The Morgan fingerprint density at radius 3 is 2.50 bits per heavy atom. The van der Waals surface area contributed by atoms with E-state index in [-0.39, 0.29) is 11.6 Å². The van der Waals surface area contributed by atoms with Gasteiger partial charge in [-0.25, -0.2) is 4.68 Å². The van der Waals surface area contributed by atoms with Crippen LogP contribution in [0.4, 0.5) is 11.4 Å². The van der Waals surface area contributed by atoms with Crippen molar-refractivity contribution in [2.24, 2.45) is 0 Å². The number of amides is 1. The third kappa shape index (κ3) is 5.10. The molecule has 0 aliphatic rings. The molecule has 2 aromatic carbocycles. The average Bonchev–Trinajstić information content (AvgIpc) is 3.25. The van der Waals surface area contributed by atoms with Crippen molar-refractivity contribution in [3.05, 3.63) is 76.6 Å². The van der Waals surface area contributed by atoms with Crippen LogP contribution in [-0.4, -0.2) is 44.1 Å². The molecule has 1 unspecified atom stereocenters. The number of tetrazole rings is 1. The van der Waals surface area contributed by atoms with E-state index in [1.807, 2.05) is 30.3 Å². The quantitative estimate of drug-likeness (QED) is 0.327. The summed E-state index contributed by atoms with van der Waals surface area (Å²) >= 11 is 0. The van der Waals surface area contributed by atoms with Gasteiger partial charge in [0.1, 0.15) is 12.4 Å². The van der Waals surface area contributed by atoms with Gasteiger partial charge in [-0.3, -0.25) is 14.9 Å². The van der Waals surface area contributed by atoms with Crippen LogP contribution in [0.5, 0.6) is 0 Å². The highest BCUT2D eigenvalue weighted by Crippen LogP contribution is 2.15. The fourth-order valence-corrected chi connectivity index (χ4v) is 2.67. The predicted molar refractivity (Wildman–Crippen MR) is 102 cm³/mol. The summed E-state index contributed by atoms with van der Waals surface area (Å²) in [5, 5.41) is 27.7. The summed E-state index contributed by atoms with van der Waals surface area (Å²) in [5.74, 6) is -0.193. The maximum Gasteiger partial charge on any atom is 0.269 e. The maximum absolute atomic E-state index is 12.6. The van der Waals surface area contributed by atoms with Crippen LogP contribution in [0.15, 0.2) is 60.9 Å². The number of non-ortho nitro benzene ring substituents is 1. The first kappa shape index (κ1) is 19.0. The molecule has 1 atom stereocenters. The number of hydrogen-bond donors (Lipinski definition) is 2. The Bertz CT molecular complexity index is 899. The Balaban J connectivity index is 1.53. The number of anilines is 1. The molecule has 10 heteroatoms. The molecule has 0 aliphatic heterocycles. The first-order valence-corrected chi connectivity index (χ1v) is 8.66. The van der Waals surface area contributed by atoms with Gasteiger partial charge in [-0.2, -0.15) is 0 Å². The Hall–Kier alpha value is -3.82. The zero-order valence-corrected chi connectivity index (χ0v) is 14.9. The van der Waals surface area contributed by atoms with Crippen molar-refractivity contribution in [2.75, 3.05) is 18.4 Å². The Labute approximate surface area is 160 Å². The number of nitrogens with one attached hydrogen (secondary N) is 2. The third-order valence-electron chi connectivity index (χ3n) is 4.09. The lowest BCUT2D eigenvalue weighted by atomic mass is 10.1. The van der Waals surface area contributed by atoms with Crippen LogP contribution in [-0.2, 0) is 11.2 Å². The summed E-state index contributed by atoms with van der Waals surface area (Å²) in [6.07, 6.45) is 1.88. The molecule has 0 radical (unpaired) electrons. The van der Waals surface area contributed by atoms with Crippen LogP contribution < -0.4 is 10.6 Å². The van der Waals surface area contributed by atoms with Crippen LogP contribution in [0.2, 0.25) is 0 Å². The van der Waals surface area contributed by atoms with Gasteiger partial charge in [0.05, 0.1) is 4.92 Å². The van der Waals surface area contributed by atoms with Gasteiger partial charge in [0.15, 0.2) is 0 Å². The minimum Gasteiger partial charge on any atom is -0.383 e. The van der Waals surface area contributed by atoms with Gasteiger partial charge >= 0.3 is 0 Å². The largest absolute Gasteiger partial charge is 0.383 e.